The standard InChI is InChI=1S/C16H23NO3/c1-12(15(19)13-7-5-4-6-8-13)17-9-14(10-18)20-16(2,3)11-17/h4-8,12,14,18H,9-11H2,1-3H3. The van der Waals surface area contributed by atoms with Crippen LogP contribution < -0.4 is 0 Å². The molecule has 1 N–H and O–H groups in total. The molecule has 0 bridgehead atoms. The Morgan fingerprint density at radius 1 is 1.45 bits per heavy atom. The number of hydrogen-bond donors (Lipinski definition) is 1. The molecule has 1 aliphatic heterocycles. The minimum atomic E-state index is -0.350. The summed E-state index contributed by atoms with van der Waals surface area (Å²) in [6.07, 6.45) is -0.232. The largest absolute Gasteiger partial charge is 0.394 e. The second-order valence-corrected chi connectivity index (χ2v) is 6.02. The fourth-order valence-corrected chi connectivity index (χ4v) is 2.74. The van der Waals surface area contributed by atoms with Crippen LogP contribution in [0.1, 0.15) is 31.1 Å². The summed E-state index contributed by atoms with van der Waals surface area (Å²) in [6, 6.07) is 9.12. The van der Waals surface area contributed by atoms with Gasteiger partial charge in [-0.25, -0.2) is 0 Å². The van der Waals surface area contributed by atoms with Gasteiger partial charge in [-0.1, -0.05) is 30.3 Å². The van der Waals surface area contributed by atoms with E-state index in [0.717, 1.165) is 5.56 Å². The Hall–Kier alpha value is -1.23. The second kappa shape index (κ2) is 6.04. The van der Waals surface area contributed by atoms with Gasteiger partial charge in [-0.3, -0.25) is 9.69 Å². The lowest BCUT2D eigenvalue weighted by Crippen LogP contribution is -2.57. The van der Waals surface area contributed by atoms with Crippen LogP contribution in [0.5, 0.6) is 0 Å². The van der Waals surface area contributed by atoms with Crippen molar-refractivity contribution < 1.29 is 14.6 Å². The predicted octanol–water partition coefficient (Wildman–Crippen LogP) is 1.73. The van der Waals surface area contributed by atoms with Crippen molar-refractivity contribution in [3.05, 3.63) is 35.9 Å². The summed E-state index contributed by atoms with van der Waals surface area (Å²) in [5, 5.41) is 9.34. The van der Waals surface area contributed by atoms with Crippen molar-refractivity contribution >= 4 is 5.78 Å². The Morgan fingerprint density at radius 3 is 2.70 bits per heavy atom. The number of carbonyl (C=O) groups excluding carboxylic acids is 1. The number of Topliss-reactive ketones (excluding diaryl/α,β-unsaturated/α-hetero) is 1. The molecule has 20 heavy (non-hydrogen) atoms. The number of carbonyl (C=O) groups is 1. The van der Waals surface area contributed by atoms with E-state index in [2.05, 4.69) is 4.90 Å². The van der Waals surface area contributed by atoms with Crippen molar-refractivity contribution in [1.82, 2.24) is 4.90 Å². The van der Waals surface area contributed by atoms with Crippen LogP contribution in [0.3, 0.4) is 0 Å². The molecule has 1 fully saturated rings. The molecule has 1 aromatic rings. The maximum Gasteiger partial charge on any atom is 0.179 e. The van der Waals surface area contributed by atoms with E-state index in [-0.39, 0.29) is 30.1 Å². The molecule has 1 saturated heterocycles. The molecular formula is C16H23NO3. The van der Waals surface area contributed by atoms with Crippen LogP contribution in [-0.4, -0.2) is 53.2 Å². The van der Waals surface area contributed by atoms with E-state index in [1.165, 1.54) is 0 Å². The maximum absolute atomic E-state index is 12.5. The average Bonchev–Trinajstić information content (AvgIpc) is 2.44. The number of benzene rings is 1. The number of nitrogens with zero attached hydrogens (tertiary/aromatic N) is 1. The minimum Gasteiger partial charge on any atom is -0.394 e. The third-order valence-corrected chi connectivity index (χ3v) is 3.70. The highest BCUT2D eigenvalue weighted by Gasteiger charge is 2.36. The average molecular weight is 277 g/mol. The SMILES string of the molecule is CC(C(=O)c1ccccc1)N1CC(CO)OC(C)(C)C1. The molecule has 110 valence electrons. The van der Waals surface area contributed by atoms with Gasteiger partial charge in [-0.05, 0) is 20.8 Å². The lowest BCUT2D eigenvalue weighted by Gasteiger charge is -2.44. The topological polar surface area (TPSA) is 49.8 Å². The Morgan fingerprint density at radius 2 is 2.10 bits per heavy atom. The van der Waals surface area contributed by atoms with Crippen molar-refractivity contribution in [2.45, 2.75) is 38.5 Å². The summed E-state index contributed by atoms with van der Waals surface area (Å²) in [5.74, 6) is 0.111. The van der Waals surface area contributed by atoms with Gasteiger partial charge in [-0.2, -0.15) is 0 Å². The van der Waals surface area contributed by atoms with E-state index in [0.29, 0.717) is 13.1 Å². The monoisotopic (exact) mass is 277 g/mol. The lowest BCUT2D eigenvalue weighted by molar-refractivity contribution is -0.152. The van der Waals surface area contributed by atoms with E-state index >= 15 is 0 Å². The first-order chi connectivity index (χ1) is 9.43. The molecule has 2 atom stereocenters. The third-order valence-electron chi connectivity index (χ3n) is 3.70. The summed E-state index contributed by atoms with van der Waals surface area (Å²) >= 11 is 0. The van der Waals surface area contributed by atoms with Gasteiger partial charge in [-0.15, -0.1) is 0 Å². The second-order valence-electron chi connectivity index (χ2n) is 6.02. The smallest absolute Gasteiger partial charge is 0.179 e. The number of aliphatic hydroxyl groups excluding tert-OH is 1. The van der Waals surface area contributed by atoms with Crippen molar-refractivity contribution in [2.24, 2.45) is 0 Å². The van der Waals surface area contributed by atoms with Gasteiger partial charge < -0.3 is 9.84 Å². The van der Waals surface area contributed by atoms with Crippen molar-refractivity contribution in [3.63, 3.8) is 0 Å². The van der Waals surface area contributed by atoms with E-state index in [1.54, 1.807) is 0 Å². The maximum atomic E-state index is 12.5. The van der Waals surface area contributed by atoms with Crippen LogP contribution in [0.4, 0.5) is 0 Å². The first kappa shape index (κ1) is 15.2. The predicted molar refractivity (Wildman–Crippen MR) is 77.8 cm³/mol. The van der Waals surface area contributed by atoms with E-state index < -0.39 is 0 Å². The number of aliphatic hydroxyl groups is 1. The molecule has 0 aromatic heterocycles. The summed E-state index contributed by atoms with van der Waals surface area (Å²) in [7, 11) is 0. The molecule has 0 radical (unpaired) electrons. The van der Waals surface area contributed by atoms with Gasteiger partial charge in [0.2, 0.25) is 0 Å². The van der Waals surface area contributed by atoms with Gasteiger partial charge >= 0.3 is 0 Å². The first-order valence-corrected chi connectivity index (χ1v) is 7.05. The van der Waals surface area contributed by atoms with Crippen LogP contribution in [0, 0.1) is 0 Å². The molecule has 0 spiro atoms. The summed E-state index contributed by atoms with van der Waals surface area (Å²) in [5.41, 5.74) is 0.376. The molecule has 1 aromatic carbocycles. The van der Waals surface area contributed by atoms with Crippen molar-refractivity contribution in [2.75, 3.05) is 19.7 Å². The molecule has 2 rings (SSSR count). The Bertz CT molecular complexity index is 458. The summed E-state index contributed by atoms with van der Waals surface area (Å²) in [4.78, 5) is 14.6. The van der Waals surface area contributed by atoms with Gasteiger partial charge in [0.1, 0.15) is 0 Å². The van der Waals surface area contributed by atoms with Gasteiger partial charge in [0.05, 0.1) is 24.4 Å². The van der Waals surface area contributed by atoms with Crippen LogP contribution in [-0.2, 0) is 4.74 Å². The number of morpholine rings is 1. The molecule has 2 unspecified atom stereocenters. The zero-order chi connectivity index (χ0) is 14.8. The van der Waals surface area contributed by atoms with E-state index in [1.807, 2.05) is 51.1 Å². The molecule has 0 saturated carbocycles. The number of hydrogen-bond acceptors (Lipinski definition) is 4. The lowest BCUT2D eigenvalue weighted by atomic mass is 9.99. The fraction of sp³-hybridized carbons (Fsp3) is 0.562. The molecule has 4 heteroatoms. The zero-order valence-electron chi connectivity index (χ0n) is 12.4. The number of rotatable bonds is 4. The fourth-order valence-electron chi connectivity index (χ4n) is 2.74. The number of ether oxygens (including phenoxy) is 1. The number of ketones is 1. The van der Waals surface area contributed by atoms with Gasteiger partial charge in [0.25, 0.3) is 0 Å². The highest BCUT2D eigenvalue weighted by molar-refractivity contribution is 5.99. The molecule has 4 nitrogen and oxygen atoms in total. The van der Waals surface area contributed by atoms with Crippen molar-refractivity contribution in [3.8, 4) is 0 Å². The molecule has 1 heterocycles. The summed E-state index contributed by atoms with van der Waals surface area (Å²) < 4.78 is 5.79. The van der Waals surface area contributed by atoms with Crippen LogP contribution in [0.2, 0.25) is 0 Å². The highest BCUT2D eigenvalue weighted by Crippen LogP contribution is 2.23. The third kappa shape index (κ3) is 3.45. The molecule has 0 amide bonds. The quantitative estimate of drug-likeness (QED) is 0.852. The molecule has 0 aliphatic carbocycles. The van der Waals surface area contributed by atoms with Crippen LogP contribution in [0.25, 0.3) is 0 Å². The van der Waals surface area contributed by atoms with Crippen molar-refractivity contribution in [1.29, 1.82) is 0 Å². The van der Waals surface area contributed by atoms with Gasteiger partial charge in [0.15, 0.2) is 5.78 Å². The normalized spacial score (nSPS) is 24.3. The minimum absolute atomic E-state index is 0.0216. The van der Waals surface area contributed by atoms with E-state index in [4.69, 9.17) is 4.74 Å². The summed E-state index contributed by atoms with van der Waals surface area (Å²) in [6.45, 7) is 7.14. The molecular weight excluding hydrogens is 254 g/mol. The Balaban J connectivity index is 2.12. The van der Waals surface area contributed by atoms with Crippen LogP contribution in [0.15, 0.2) is 30.3 Å². The van der Waals surface area contributed by atoms with Gasteiger partial charge in [0, 0.05) is 18.7 Å². The van der Waals surface area contributed by atoms with Crippen LogP contribution >= 0.6 is 0 Å². The van der Waals surface area contributed by atoms with E-state index in [9.17, 15) is 9.90 Å². The highest BCUT2D eigenvalue weighted by atomic mass is 16.5. The zero-order valence-corrected chi connectivity index (χ0v) is 12.4. The Labute approximate surface area is 120 Å². The first-order valence-electron chi connectivity index (χ1n) is 7.05. The Kier molecular flexibility index (Phi) is 4.58. The molecule has 1 aliphatic rings.